The molecule has 1 aromatic rings. The second-order valence-electron chi connectivity index (χ2n) is 3.51. The molecule has 1 unspecified atom stereocenters. The lowest BCUT2D eigenvalue weighted by molar-refractivity contribution is -0.403. The topological polar surface area (TPSA) is 90.4 Å². The van der Waals surface area contributed by atoms with Crippen LogP contribution in [0.4, 0.5) is 0 Å². The highest BCUT2D eigenvalue weighted by Gasteiger charge is 2.07. The number of rotatable bonds is 5. The van der Waals surface area contributed by atoms with Crippen LogP contribution in [0.2, 0.25) is 0 Å². The zero-order valence-electron chi connectivity index (χ0n) is 9.71. The largest absolute Gasteiger partial charge is 0.497 e. The lowest BCUT2D eigenvalue weighted by Crippen LogP contribution is -2.24. The van der Waals surface area contributed by atoms with Gasteiger partial charge in [-0.2, -0.15) is 0 Å². The molecule has 0 saturated carbocycles. The summed E-state index contributed by atoms with van der Waals surface area (Å²) in [6, 6.07) is 7.27. The molecule has 0 amide bonds. The summed E-state index contributed by atoms with van der Waals surface area (Å²) >= 11 is 0. The second kappa shape index (κ2) is 5.74. The Bertz CT molecular complexity index is 414. The van der Waals surface area contributed by atoms with Gasteiger partial charge in [-0.05, 0) is 24.6 Å². The van der Waals surface area contributed by atoms with E-state index in [1.807, 2.05) is 31.2 Å². The van der Waals surface area contributed by atoms with Crippen LogP contribution < -0.4 is 15.8 Å². The van der Waals surface area contributed by atoms with E-state index >= 15 is 0 Å². The molecule has 0 aliphatic rings. The molecule has 0 saturated heterocycles. The van der Waals surface area contributed by atoms with Crippen LogP contribution in [0.1, 0.15) is 18.5 Å². The first-order chi connectivity index (χ1) is 8.02. The summed E-state index contributed by atoms with van der Waals surface area (Å²) in [7, 11) is 1.59. The SMILES string of the molecule is COc1ccc(C(C)N/C(N)=C/[N+](=O)[O-])cc1. The van der Waals surface area contributed by atoms with E-state index < -0.39 is 4.92 Å². The van der Waals surface area contributed by atoms with Crippen LogP contribution in [0.3, 0.4) is 0 Å². The number of nitro groups is 1. The van der Waals surface area contributed by atoms with Crippen LogP contribution in [-0.2, 0) is 0 Å². The molecule has 92 valence electrons. The van der Waals surface area contributed by atoms with Gasteiger partial charge in [0.25, 0.3) is 6.20 Å². The average molecular weight is 237 g/mol. The van der Waals surface area contributed by atoms with Gasteiger partial charge in [0.05, 0.1) is 18.1 Å². The van der Waals surface area contributed by atoms with Crippen molar-refractivity contribution in [1.82, 2.24) is 5.32 Å². The molecule has 1 rings (SSSR count). The molecule has 1 atom stereocenters. The zero-order chi connectivity index (χ0) is 12.8. The summed E-state index contributed by atoms with van der Waals surface area (Å²) in [5, 5.41) is 13.0. The van der Waals surface area contributed by atoms with E-state index in [1.165, 1.54) is 0 Å². The molecule has 3 N–H and O–H groups in total. The van der Waals surface area contributed by atoms with Crippen molar-refractivity contribution in [2.45, 2.75) is 13.0 Å². The van der Waals surface area contributed by atoms with Gasteiger partial charge in [-0.25, -0.2) is 0 Å². The number of nitrogens with one attached hydrogen (secondary N) is 1. The van der Waals surface area contributed by atoms with Crippen LogP contribution in [0.15, 0.2) is 36.3 Å². The van der Waals surface area contributed by atoms with E-state index in [1.54, 1.807) is 7.11 Å². The van der Waals surface area contributed by atoms with E-state index in [4.69, 9.17) is 10.5 Å². The molecule has 0 aliphatic heterocycles. The lowest BCUT2D eigenvalue weighted by atomic mass is 10.1. The minimum Gasteiger partial charge on any atom is -0.497 e. The maximum Gasteiger partial charge on any atom is 0.273 e. The Kier molecular flexibility index (Phi) is 4.33. The summed E-state index contributed by atoms with van der Waals surface area (Å²) in [5.41, 5.74) is 6.42. The van der Waals surface area contributed by atoms with E-state index in [9.17, 15) is 10.1 Å². The van der Waals surface area contributed by atoms with Crippen molar-refractivity contribution in [3.05, 3.63) is 52.0 Å². The molecular weight excluding hydrogens is 222 g/mol. The Labute approximate surface area is 99.2 Å². The van der Waals surface area contributed by atoms with Crippen LogP contribution >= 0.6 is 0 Å². The molecule has 0 bridgehead atoms. The minimum absolute atomic E-state index is 0.0262. The standard InChI is InChI=1S/C11H15N3O3/c1-8(13-11(12)7-14(15)16)9-3-5-10(17-2)6-4-9/h3-8,13H,12H2,1-2H3/b11-7+. The lowest BCUT2D eigenvalue weighted by Gasteiger charge is -2.14. The number of methoxy groups -OCH3 is 1. The number of hydrogen-bond donors (Lipinski definition) is 2. The van der Waals surface area contributed by atoms with Gasteiger partial charge in [0.15, 0.2) is 5.82 Å². The van der Waals surface area contributed by atoms with Crippen molar-refractivity contribution in [3.8, 4) is 5.75 Å². The normalized spacial score (nSPS) is 12.9. The summed E-state index contributed by atoms with van der Waals surface area (Å²) in [4.78, 5) is 9.61. The van der Waals surface area contributed by atoms with Gasteiger partial charge in [-0.15, -0.1) is 0 Å². The Hall–Kier alpha value is -2.24. The van der Waals surface area contributed by atoms with Crippen LogP contribution in [-0.4, -0.2) is 12.0 Å². The van der Waals surface area contributed by atoms with E-state index in [0.717, 1.165) is 17.5 Å². The van der Waals surface area contributed by atoms with Gasteiger partial charge in [0.2, 0.25) is 0 Å². The quantitative estimate of drug-likeness (QED) is 0.596. The van der Waals surface area contributed by atoms with E-state index in [2.05, 4.69) is 5.32 Å². The smallest absolute Gasteiger partial charge is 0.273 e. The summed E-state index contributed by atoms with van der Waals surface area (Å²) in [6.45, 7) is 1.86. The Morgan fingerprint density at radius 1 is 1.53 bits per heavy atom. The molecule has 6 heteroatoms. The van der Waals surface area contributed by atoms with Crippen molar-refractivity contribution in [2.24, 2.45) is 5.73 Å². The number of benzene rings is 1. The molecule has 6 nitrogen and oxygen atoms in total. The average Bonchev–Trinajstić information content (AvgIpc) is 2.28. The van der Waals surface area contributed by atoms with Gasteiger partial charge < -0.3 is 15.8 Å². The molecule has 0 radical (unpaired) electrons. The van der Waals surface area contributed by atoms with Crippen molar-refractivity contribution in [1.29, 1.82) is 0 Å². The number of nitrogens with two attached hydrogens (primary N) is 1. The highest BCUT2D eigenvalue weighted by Crippen LogP contribution is 2.17. The first-order valence-electron chi connectivity index (χ1n) is 5.04. The van der Waals surface area contributed by atoms with Crippen molar-refractivity contribution < 1.29 is 9.66 Å². The molecule has 0 fully saturated rings. The van der Waals surface area contributed by atoms with Crippen LogP contribution in [0.5, 0.6) is 5.75 Å². The van der Waals surface area contributed by atoms with Gasteiger partial charge >= 0.3 is 0 Å². The van der Waals surface area contributed by atoms with Gasteiger partial charge in [0, 0.05) is 0 Å². The molecular formula is C11H15N3O3. The maximum atomic E-state index is 10.2. The van der Waals surface area contributed by atoms with Crippen LogP contribution in [0.25, 0.3) is 0 Å². The third-order valence-electron chi connectivity index (χ3n) is 2.24. The molecule has 0 spiro atoms. The summed E-state index contributed by atoms with van der Waals surface area (Å²) < 4.78 is 5.04. The van der Waals surface area contributed by atoms with Gasteiger partial charge in [0.1, 0.15) is 5.75 Å². The fourth-order valence-corrected chi connectivity index (χ4v) is 1.38. The number of ether oxygens (including phenoxy) is 1. The van der Waals surface area contributed by atoms with Crippen molar-refractivity contribution in [2.75, 3.05) is 7.11 Å². The Morgan fingerprint density at radius 2 is 2.12 bits per heavy atom. The Morgan fingerprint density at radius 3 is 2.59 bits per heavy atom. The molecule has 0 heterocycles. The fraction of sp³-hybridized carbons (Fsp3) is 0.273. The van der Waals surface area contributed by atoms with E-state index in [-0.39, 0.29) is 11.9 Å². The highest BCUT2D eigenvalue weighted by molar-refractivity contribution is 5.29. The van der Waals surface area contributed by atoms with Crippen molar-refractivity contribution in [3.63, 3.8) is 0 Å². The van der Waals surface area contributed by atoms with E-state index in [0.29, 0.717) is 0 Å². The molecule has 0 aliphatic carbocycles. The maximum absolute atomic E-state index is 10.2. The first-order valence-corrected chi connectivity index (χ1v) is 5.04. The number of nitrogens with zero attached hydrogens (tertiary/aromatic N) is 1. The van der Waals surface area contributed by atoms with Crippen LogP contribution in [0, 0.1) is 10.1 Å². The van der Waals surface area contributed by atoms with Gasteiger partial charge in [-0.1, -0.05) is 12.1 Å². The van der Waals surface area contributed by atoms with Crippen molar-refractivity contribution >= 4 is 0 Å². The summed E-state index contributed by atoms with van der Waals surface area (Å²) in [6.07, 6.45) is 0.736. The highest BCUT2D eigenvalue weighted by atomic mass is 16.6. The fourth-order valence-electron chi connectivity index (χ4n) is 1.38. The summed E-state index contributed by atoms with van der Waals surface area (Å²) in [5.74, 6) is 0.785. The third kappa shape index (κ3) is 4.02. The molecule has 1 aromatic carbocycles. The monoisotopic (exact) mass is 237 g/mol. The first kappa shape index (κ1) is 12.8. The van der Waals surface area contributed by atoms with Gasteiger partial charge in [-0.3, -0.25) is 10.1 Å². The second-order valence-corrected chi connectivity index (χ2v) is 3.51. The predicted octanol–water partition coefficient (Wildman–Crippen LogP) is 1.38. The minimum atomic E-state index is -0.594. The molecule has 17 heavy (non-hydrogen) atoms. The Balaban J connectivity index is 2.69. The molecule has 0 aromatic heterocycles. The predicted molar refractivity (Wildman–Crippen MR) is 63.8 cm³/mol. The number of hydrogen-bond acceptors (Lipinski definition) is 5. The zero-order valence-corrected chi connectivity index (χ0v) is 9.71. The third-order valence-corrected chi connectivity index (χ3v) is 2.24.